The average molecular weight is 168 g/mol. The van der Waals surface area contributed by atoms with Crippen LogP contribution in [0.15, 0.2) is 0 Å². The van der Waals surface area contributed by atoms with Crippen molar-refractivity contribution in [2.45, 2.75) is 0 Å². The Balaban J connectivity index is -0.000000109. The molecule has 0 fully saturated rings. The number of aliphatic carboxylic acids is 2. The van der Waals surface area contributed by atoms with E-state index in [9.17, 15) is 0 Å². The minimum atomic E-state index is -2.19. The number of nitroso groups, excluding NO2 is 1. The van der Waals surface area contributed by atoms with E-state index in [2.05, 4.69) is 5.59 Å². The van der Waals surface area contributed by atoms with Crippen molar-refractivity contribution in [2.24, 2.45) is 0 Å². The minimum Gasteiger partial charge on any atom is -0.543 e. The van der Waals surface area contributed by atoms with Gasteiger partial charge < -0.3 is 19.8 Å². The molecule has 7 heteroatoms. The first-order valence-electron chi connectivity index (χ1n) is 1.30. The Morgan fingerprint density at radius 1 is 1.00 bits per heavy atom. The molecule has 0 heterocycles. The number of rotatable bonds is 0. The molecule has 0 saturated heterocycles. The van der Waals surface area contributed by atoms with Crippen LogP contribution in [0, 0.1) is 4.91 Å². The Morgan fingerprint density at radius 2 is 1.11 bits per heavy atom. The Hall–Kier alpha value is -0.746. The summed E-state index contributed by atoms with van der Waals surface area (Å²) in [4.78, 5) is 25.6. The minimum absolute atomic E-state index is 0. The van der Waals surface area contributed by atoms with E-state index >= 15 is 0 Å². The zero-order chi connectivity index (χ0) is 7.15. The zero-order valence-corrected chi connectivity index (χ0v) is 5.68. The standard InChI is InChI=1S/C2H2O4.H2NO.Ti/c3-1(4)2(5)6;1-2;/h(H,3,4)(H,5,6);1H2;/q;+1;+4/p-2. The number of nitrogens with two attached hydrogens (primary N) is 1. The molecule has 0 aliphatic rings. The van der Waals surface area contributed by atoms with Crippen molar-refractivity contribution in [1.29, 1.82) is 0 Å². The third-order valence-corrected chi connectivity index (χ3v) is 0.167. The monoisotopic (exact) mass is 168 g/mol. The summed E-state index contributed by atoms with van der Waals surface area (Å²) in [6, 6.07) is 0. The third kappa shape index (κ3) is 18.9. The molecule has 0 aliphatic heterocycles. The smallest absolute Gasteiger partial charge is 0.543 e. The topological polar surface area (TPSA) is 123 Å². The van der Waals surface area contributed by atoms with E-state index in [0.29, 0.717) is 0 Å². The van der Waals surface area contributed by atoms with Crippen LogP contribution in [0.1, 0.15) is 0 Å². The fourth-order valence-electron chi connectivity index (χ4n) is 0. The SMILES string of the molecule is O=C([O-])C(=O)[O-].[NH2+]=O.[Ti+4]. The van der Waals surface area contributed by atoms with Crippen molar-refractivity contribution in [1.82, 2.24) is 0 Å². The van der Waals surface area contributed by atoms with Gasteiger partial charge in [-0.2, -0.15) is 0 Å². The van der Waals surface area contributed by atoms with Crippen LogP contribution >= 0.6 is 0 Å². The summed E-state index contributed by atoms with van der Waals surface area (Å²) < 4.78 is 0. The number of carboxylic acids is 2. The van der Waals surface area contributed by atoms with E-state index < -0.39 is 11.9 Å². The van der Waals surface area contributed by atoms with Gasteiger partial charge >= 0.3 is 21.7 Å². The van der Waals surface area contributed by atoms with Crippen molar-refractivity contribution < 1.29 is 47.1 Å². The van der Waals surface area contributed by atoms with Gasteiger partial charge in [-0.05, 0) is 5.59 Å². The van der Waals surface area contributed by atoms with Crippen molar-refractivity contribution in [2.75, 3.05) is 0 Å². The van der Waals surface area contributed by atoms with Gasteiger partial charge in [-0.3, -0.25) is 0 Å². The van der Waals surface area contributed by atoms with Gasteiger partial charge in [-0.1, -0.05) is 0 Å². The Bertz CT molecular complexity index is 91.1. The quantitative estimate of drug-likeness (QED) is 0.286. The summed E-state index contributed by atoms with van der Waals surface area (Å²) in [6.07, 6.45) is 0. The maximum atomic E-state index is 8.93. The van der Waals surface area contributed by atoms with Crippen LogP contribution in [0.3, 0.4) is 0 Å². The zero-order valence-electron chi connectivity index (χ0n) is 4.12. The summed E-state index contributed by atoms with van der Waals surface area (Å²) in [5.74, 6) is -4.37. The predicted octanol–water partition coefficient (Wildman–Crippen LogP) is -5.00. The van der Waals surface area contributed by atoms with Crippen LogP contribution < -0.4 is 15.8 Å². The summed E-state index contributed by atoms with van der Waals surface area (Å²) in [7, 11) is 0. The predicted molar refractivity (Wildman–Crippen MR) is 15.3 cm³/mol. The first kappa shape index (κ1) is 15.7. The van der Waals surface area contributed by atoms with Gasteiger partial charge in [-0.25, -0.2) is 0 Å². The molecule has 0 bridgehead atoms. The summed E-state index contributed by atoms with van der Waals surface area (Å²) in [5, 5.41) is 17.9. The van der Waals surface area contributed by atoms with Crippen LogP contribution in [0.25, 0.3) is 0 Å². The van der Waals surface area contributed by atoms with Gasteiger partial charge in [0.1, 0.15) is 0 Å². The Labute approximate surface area is 64.5 Å². The Kier molecular flexibility index (Phi) is 18.0. The molecule has 0 saturated carbocycles. The number of hydrogen-bond donors (Lipinski definition) is 1. The van der Waals surface area contributed by atoms with E-state index in [1.807, 2.05) is 0 Å². The van der Waals surface area contributed by atoms with Crippen LogP contribution in [-0.4, -0.2) is 11.9 Å². The molecule has 0 radical (unpaired) electrons. The molecule has 2 N–H and O–H groups in total. The first-order valence-corrected chi connectivity index (χ1v) is 1.30. The van der Waals surface area contributed by atoms with Crippen LogP contribution in [0.4, 0.5) is 0 Å². The Morgan fingerprint density at radius 3 is 1.11 bits per heavy atom. The second-order valence-electron chi connectivity index (χ2n) is 0.575. The van der Waals surface area contributed by atoms with Gasteiger partial charge in [0.25, 0.3) is 0 Å². The summed E-state index contributed by atoms with van der Waals surface area (Å²) in [5.41, 5.74) is 3.25. The average Bonchev–Trinajstić information content (AvgIpc) is 1.72. The maximum Gasteiger partial charge on any atom is 4.00 e. The molecular formula is C2H2NO5Ti+3. The second-order valence-corrected chi connectivity index (χ2v) is 0.575. The molecule has 6 nitrogen and oxygen atoms in total. The molecule has 0 rings (SSSR count). The molecule has 0 atom stereocenters. The molecule has 0 spiro atoms. The van der Waals surface area contributed by atoms with Gasteiger partial charge in [0, 0.05) is 4.91 Å². The third-order valence-electron chi connectivity index (χ3n) is 0.167. The molecule has 0 aliphatic carbocycles. The van der Waals surface area contributed by atoms with Crippen molar-refractivity contribution in [3.05, 3.63) is 4.91 Å². The molecule has 0 aromatic heterocycles. The fraction of sp³-hybridized carbons (Fsp3) is 0. The molecule has 0 unspecified atom stereocenters. The van der Waals surface area contributed by atoms with E-state index in [1.165, 1.54) is 0 Å². The summed E-state index contributed by atoms with van der Waals surface area (Å²) in [6.45, 7) is 0. The molecular weight excluding hydrogens is 166 g/mol. The first-order chi connectivity index (χ1) is 3.64. The number of hydrogen-bond acceptors (Lipinski definition) is 5. The van der Waals surface area contributed by atoms with Crippen molar-refractivity contribution in [3.8, 4) is 0 Å². The maximum absolute atomic E-state index is 8.93. The van der Waals surface area contributed by atoms with E-state index in [-0.39, 0.29) is 21.7 Å². The van der Waals surface area contributed by atoms with E-state index in [4.69, 9.17) is 24.7 Å². The number of carbonyl (C=O) groups excluding carboxylic acids is 2. The normalized spacial score (nSPS) is 5.33. The van der Waals surface area contributed by atoms with Crippen LogP contribution in [0.5, 0.6) is 0 Å². The molecule has 0 aromatic rings. The molecule has 9 heavy (non-hydrogen) atoms. The largest absolute Gasteiger partial charge is 4.00 e. The second kappa shape index (κ2) is 10.3. The number of carbonyl (C=O) groups is 2. The van der Waals surface area contributed by atoms with Gasteiger partial charge in [0.05, 0.1) is 11.9 Å². The molecule has 0 aromatic carbocycles. The van der Waals surface area contributed by atoms with Gasteiger partial charge in [-0.15, -0.1) is 0 Å². The van der Waals surface area contributed by atoms with Crippen molar-refractivity contribution >= 4 is 11.9 Å². The summed E-state index contributed by atoms with van der Waals surface area (Å²) >= 11 is 0. The van der Waals surface area contributed by atoms with Gasteiger partial charge in [0.2, 0.25) is 0 Å². The fourth-order valence-corrected chi connectivity index (χ4v) is 0. The van der Waals surface area contributed by atoms with Crippen molar-refractivity contribution in [3.63, 3.8) is 0 Å². The van der Waals surface area contributed by atoms with E-state index in [0.717, 1.165) is 0 Å². The molecule has 46 valence electrons. The van der Waals surface area contributed by atoms with Gasteiger partial charge in [0.15, 0.2) is 0 Å². The van der Waals surface area contributed by atoms with Crippen LogP contribution in [-0.2, 0) is 31.3 Å². The number of carboxylic acid groups (broad SMARTS) is 2. The van der Waals surface area contributed by atoms with E-state index in [1.54, 1.807) is 0 Å². The molecule has 0 amide bonds. The van der Waals surface area contributed by atoms with Crippen LogP contribution in [0.2, 0.25) is 0 Å².